The van der Waals surface area contributed by atoms with Gasteiger partial charge in [-0.15, -0.1) is 0 Å². The molecule has 1 amide bonds. The number of amides is 1. The summed E-state index contributed by atoms with van der Waals surface area (Å²) in [7, 11) is 0. The normalized spacial score (nSPS) is 19.3. The minimum Gasteiger partial charge on any atom is -0.336 e. The van der Waals surface area contributed by atoms with E-state index in [2.05, 4.69) is 5.32 Å². The Hall–Kier alpha value is -1.95. The van der Waals surface area contributed by atoms with E-state index in [-0.39, 0.29) is 23.2 Å². The van der Waals surface area contributed by atoms with Crippen molar-refractivity contribution >= 4 is 11.6 Å². The van der Waals surface area contributed by atoms with Gasteiger partial charge in [-0.1, -0.05) is 12.1 Å². The van der Waals surface area contributed by atoms with Crippen LogP contribution in [-0.4, -0.2) is 41.4 Å². The van der Waals surface area contributed by atoms with Crippen molar-refractivity contribution in [1.29, 1.82) is 0 Å². The second-order valence-electron chi connectivity index (χ2n) is 4.83. The molecule has 1 aromatic carbocycles. The number of piperazine rings is 1. The first-order chi connectivity index (χ1) is 9.00. The van der Waals surface area contributed by atoms with Crippen molar-refractivity contribution in [1.82, 2.24) is 10.2 Å². The molecule has 6 nitrogen and oxygen atoms in total. The molecule has 1 aliphatic rings. The van der Waals surface area contributed by atoms with E-state index in [4.69, 9.17) is 0 Å². The minimum atomic E-state index is -0.478. The number of para-hydroxylation sites is 1. The largest absolute Gasteiger partial charge is 0.336 e. The van der Waals surface area contributed by atoms with Gasteiger partial charge in [-0.05, 0) is 19.9 Å². The molecule has 6 heteroatoms. The maximum Gasteiger partial charge on any atom is 0.285 e. The summed E-state index contributed by atoms with van der Waals surface area (Å²) in [4.78, 5) is 24.7. The van der Waals surface area contributed by atoms with Crippen molar-refractivity contribution in [3.05, 3.63) is 39.4 Å². The fourth-order valence-corrected chi connectivity index (χ4v) is 2.36. The molecule has 1 fully saturated rings. The van der Waals surface area contributed by atoms with E-state index in [0.717, 1.165) is 0 Å². The molecule has 1 aliphatic heterocycles. The molecule has 1 N–H and O–H groups in total. The number of nitrogens with zero attached hydrogens (tertiary/aromatic N) is 2. The second-order valence-corrected chi connectivity index (χ2v) is 4.83. The van der Waals surface area contributed by atoms with Crippen LogP contribution in [0.4, 0.5) is 5.69 Å². The minimum absolute atomic E-state index is 0.0846. The molecule has 0 radical (unpaired) electrons. The Bertz CT molecular complexity index is 516. The molecule has 1 saturated heterocycles. The average molecular weight is 263 g/mol. The van der Waals surface area contributed by atoms with Gasteiger partial charge in [0.2, 0.25) is 0 Å². The maximum absolute atomic E-state index is 12.4. The summed E-state index contributed by atoms with van der Waals surface area (Å²) >= 11 is 0. The highest BCUT2D eigenvalue weighted by Gasteiger charge is 2.28. The van der Waals surface area contributed by atoms with E-state index in [1.807, 2.05) is 6.92 Å². The van der Waals surface area contributed by atoms with E-state index >= 15 is 0 Å². The first-order valence-electron chi connectivity index (χ1n) is 6.27. The van der Waals surface area contributed by atoms with Gasteiger partial charge < -0.3 is 10.2 Å². The Morgan fingerprint density at radius 3 is 2.89 bits per heavy atom. The number of nitro benzene ring substituents is 1. The Morgan fingerprint density at radius 1 is 1.53 bits per heavy atom. The summed E-state index contributed by atoms with van der Waals surface area (Å²) < 4.78 is 0. The molecule has 19 heavy (non-hydrogen) atoms. The van der Waals surface area contributed by atoms with Gasteiger partial charge in [-0.25, -0.2) is 0 Å². The number of hydrogen-bond donors (Lipinski definition) is 1. The predicted octanol–water partition coefficient (Wildman–Crippen LogP) is 1.34. The van der Waals surface area contributed by atoms with Gasteiger partial charge >= 0.3 is 0 Å². The van der Waals surface area contributed by atoms with Gasteiger partial charge in [0.1, 0.15) is 5.56 Å². The van der Waals surface area contributed by atoms with Crippen LogP contribution in [0.15, 0.2) is 18.2 Å². The molecule has 0 spiro atoms. The van der Waals surface area contributed by atoms with Crippen LogP contribution >= 0.6 is 0 Å². The molecule has 0 aromatic heterocycles. The molecule has 1 aromatic rings. The van der Waals surface area contributed by atoms with Crippen LogP contribution in [-0.2, 0) is 0 Å². The molecule has 2 rings (SSSR count). The lowest BCUT2D eigenvalue weighted by Crippen LogP contribution is -2.51. The standard InChI is InChI=1S/C13H17N3O3/c1-9-4-3-5-11(12(9)16(18)19)13(17)15-7-6-14-10(2)8-15/h3-5,10,14H,6-8H2,1-2H3/t10-/m0/s1. The molecular weight excluding hydrogens is 246 g/mol. The van der Waals surface area contributed by atoms with Crippen molar-refractivity contribution in [2.45, 2.75) is 19.9 Å². The van der Waals surface area contributed by atoms with Gasteiger partial charge in [0.25, 0.3) is 11.6 Å². The van der Waals surface area contributed by atoms with E-state index in [1.54, 1.807) is 24.0 Å². The van der Waals surface area contributed by atoms with Crippen LogP contribution in [0, 0.1) is 17.0 Å². The van der Waals surface area contributed by atoms with Crippen LogP contribution in [0.25, 0.3) is 0 Å². The highest BCUT2D eigenvalue weighted by molar-refractivity contribution is 5.98. The van der Waals surface area contributed by atoms with Crippen LogP contribution in [0.1, 0.15) is 22.8 Å². The van der Waals surface area contributed by atoms with Crippen LogP contribution < -0.4 is 5.32 Å². The monoisotopic (exact) mass is 263 g/mol. The highest BCUT2D eigenvalue weighted by atomic mass is 16.6. The third kappa shape index (κ3) is 2.73. The summed E-state index contributed by atoms with van der Waals surface area (Å²) in [5, 5.41) is 14.4. The molecule has 102 valence electrons. The smallest absolute Gasteiger partial charge is 0.285 e. The number of benzene rings is 1. The van der Waals surface area contributed by atoms with E-state index in [0.29, 0.717) is 25.2 Å². The van der Waals surface area contributed by atoms with Crippen LogP contribution in [0.5, 0.6) is 0 Å². The Labute approximate surface area is 111 Å². The van der Waals surface area contributed by atoms with E-state index < -0.39 is 4.92 Å². The van der Waals surface area contributed by atoms with E-state index in [1.165, 1.54) is 6.07 Å². The molecule has 0 bridgehead atoms. The molecule has 0 saturated carbocycles. The summed E-state index contributed by atoms with van der Waals surface area (Å²) in [6.07, 6.45) is 0. The van der Waals surface area contributed by atoms with Crippen LogP contribution in [0.2, 0.25) is 0 Å². The lowest BCUT2D eigenvalue weighted by atomic mass is 10.1. The number of nitrogens with one attached hydrogen (secondary N) is 1. The Balaban J connectivity index is 2.33. The molecule has 1 heterocycles. The number of hydrogen-bond acceptors (Lipinski definition) is 4. The third-order valence-electron chi connectivity index (χ3n) is 3.31. The first-order valence-corrected chi connectivity index (χ1v) is 6.27. The van der Waals surface area contributed by atoms with Gasteiger partial charge in [0.15, 0.2) is 0 Å². The van der Waals surface area contributed by atoms with Gasteiger partial charge in [-0.3, -0.25) is 14.9 Å². The lowest BCUT2D eigenvalue weighted by molar-refractivity contribution is -0.385. The number of carbonyl (C=O) groups is 1. The predicted molar refractivity (Wildman–Crippen MR) is 71.2 cm³/mol. The second kappa shape index (κ2) is 5.36. The quantitative estimate of drug-likeness (QED) is 0.645. The number of aryl methyl sites for hydroxylation is 1. The molecule has 1 atom stereocenters. The van der Waals surface area contributed by atoms with Crippen molar-refractivity contribution in [2.24, 2.45) is 0 Å². The first kappa shape index (κ1) is 13.5. The maximum atomic E-state index is 12.4. The zero-order valence-corrected chi connectivity index (χ0v) is 11.0. The summed E-state index contributed by atoms with van der Waals surface area (Å²) in [5.74, 6) is -0.260. The summed E-state index contributed by atoms with van der Waals surface area (Å²) in [5.41, 5.74) is 0.608. The number of carbonyl (C=O) groups excluding carboxylic acids is 1. The zero-order chi connectivity index (χ0) is 14.0. The van der Waals surface area contributed by atoms with Gasteiger partial charge in [0.05, 0.1) is 4.92 Å². The fourth-order valence-electron chi connectivity index (χ4n) is 2.36. The number of nitro groups is 1. The van der Waals surface area contributed by atoms with Crippen molar-refractivity contribution < 1.29 is 9.72 Å². The fraction of sp³-hybridized carbons (Fsp3) is 0.462. The SMILES string of the molecule is Cc1cccc(C(=O)N2CCN[C@@H](C)C2)c1[N+](=O)[O-]. The van der Waals surface area contributed by atoms with Crippen molar-refractivity contribution in [3.8, 4) is 0 Å². The topological polar surface area (TPSA) is 75.5 Å². The Morgan fingerprint density at radius 2 is 2.26 bits per heavy atom. The molecule has 0 aliphatic carbocycles. The Kier molecular flexibility index (Phi) is 3.80. The molecular formula is C13H17N3O3. The summed E-state index contributed by atoms with van der Waals surface area (Å²) in [6.45, 7) is 5.50. The summed E-state index contributed by atoms with van der Waals surface area (Å²) in [6, 6.07) is 5.07. The van der Waals surface area contributed by atoms with Gasteiger partial charge in [0, 0.05) is 31.2 Å². The third-order valence-corrected chi connectivity index (χ3v) is 3.31. The van der Waals surface area contributed by atoms with Gasteiger partial charge in [-0.2, -0.15) is 0 Å². The van der Waals surface area contributed by atoms with Crippen molar-refractivity contribution in [2.75, 3.05) is 19.6 Å². The molecule has 0 unspecified atom stereocenters. The lowest BCUT2D eigenvalue weighted by Gasteiger charge is -2.31. The van der Waals surface area contributed by atoms with E-state index in [9.17, 15) is 14.9 Å². The van der Waals surface area contributed by atoms with Crippen molar-refractivity contribution in [3.63, 3.8) is 0 Å². The zero-order valence-electron chi connectivity index (χ0n) is 11.0. The average Bonchev–Trinajstić information content (AvgIpc) is 2.37. The highest BCUT2D eigenvalue weighted by Crippen LogP contribution is 2.24. The van der Waals surface area contributed by atoms with Crippen LogP contribution in [0.3, 0.4) is 0 Å². The number of rotatable bonds is 2.